The van der Waals surface area contributed by atoms with Crippen LogP contribution in [0.4, 0.5) is 0 Å². The van der Waals surface area contributed by atoms with Crippen molar-refractivity contribution in [1.29, 1.82) is 10.8 Å². The molecule has 2 fully saturated rings. The molecule has 14 rings (SSSR count). The molecule has 0 saturated carbocycles. The Morgan fingerprint density at radius 2 is 0.554 bits per heavy atom. The molecular formula is C106H136N28O14. The van der Waals surface area contributed by atoms with Gasteiger partial charge in [-0.15, -0.1) is 0 Å². The number of nitrogens with one attached hydrogen (secondary N) is 20. The molecule has 0 unspecified atom stereocenters. The van der Waals surface area contributed by atoms with Crippen molar-refractivity contribution < 1.29 is 67.4 Å². The summed E-state index contributed by atoms with van der Waals surface area (Å²) in [5.74, 6) is -11.2. The summed E-state index contributed by atoms with van der Waals surface area (Å²) in [6, 6.07) is 26.3. The van der Waals surface area contributed by atoms with Crippen LogP contribution < -0.4 is 98.2 Å². The Balaban J connectivity index is 0.706. The lowest BCUT2D eigenvalue weighted by Gasteiger charge is -2.31. The average Bonchev–Trinajstić information content (AvgIpc) is 1.65. The van der Waals surface area contributed by atoms with Crippen LogP contribution in [0.5, 0.6) is 0 Å². The van der Waals surface area contributed by atoms with Gasteiger partial charge in [0.15, 0.2) is 11.9 Å². The smallest absolute Gasteiger partial charge is 0.326 e. The van der Waals surface area contributed by atoms with Gasteiger partial charge in [0.2, 0.25) is 70.9 Å². The zero-order chi connectivity index (χ0) is 105. The Morgan fingerprint density at radius 1 is 0.311 bits per heavy atom. The Kier molecular flexibility index (Phi) is 38.0. The molecule has 6 aromatic heterocycles. The van der Waals surface area contributed by atoms with Gasteiger partial charge >= 0.3 is 5.97 Å². The zero-order valence-electron chi connectivity index (χ0n) is 82.7. The van der Waals surface area contributed by atoms with Crippen LogP contribution >= 0.6 is 0 Å². The number of likely N-dealkylation sites (tertiary alicyclic amines) is 2. The van der Waals surface area contributed by atoms with Crippen molar-refractivity contribution in [1.82, 2.24) is 104 Å². The summed E-state index contributed by atoms with van der Waals surface area (Å²) >= 11 is 0. The molecule has 33 N–H and O–H groups in total. The predicted molar refractivity (Wildman–Crippen MR) is 563 cm³/mol. The van der Waals surface area contributed by atoms with Crippen LogP contribution in [0, 0.1) is 10.8 Å². The molecule has 0 spiro atoms. The molecule has 2 aliphatic heterocycles. The number of amides is 12. The number of aromatic amines is 6. The minimum absolute atomic E-state index is 0.00179. The Bertz CT molecular complexity index is 6700. The van der Waals surface area contributed by atoms with Crippen LogP contribution in [0.25, 0.3) is 65.4 Å². The number of hydrogen-bond acceptors (Lipinski definition) is 19. The van der Waals surface area contributed by atoms with Crippen molar-refractivity contribution in [2.45, 2.75) is 226 Å². The lowest BCUT2D eigenvalue weighted by molar-refractivity contribution is -0.143. The van der Waals surface area contributed by atoms with E-state index in [9.17, 15) is 24.3 Å². The fourth-order valence-electron chi connectivity index (χ4n) is 19.9. The molecule has 8 heterocycles. The normalized spacial score (nSPS) is 15.8. The highest BCUT2D eigenvalue weighted by Gasteiger charge is 2.44. The zero-order valence-corrected chi connectivity index (χ0v) is 82.7. The average molecular weight is 2030 g/mol. The first-order valence-corrected chi connectivity index (χ1v) is 50.8. The Morgan fingerprint density at radius 3 is 0.872 bits per heavy atom. The van der Waals surface area contributed by atoms with Crippen molar-refractivity contribution in [3.63, 3.8) is 0 Å². The number of carbonyl (C=O) groups excluding carboxylic acids is 12. The quantitative estimate of drug-likeness (QED) is 0.0147. The number of H-pyrrole nitrogens is 6. The summed E-state index contributed by atoms with van der Waals surface area (Å²) in [7, 11) is 0. The number of hydrogen-bond donors (Lipinski definition) is 27. The van der Waals surface area contributed by atoms with E-state index in [0.29, 0.717) is 105 Å². The molecule has 13 atom stereocenters. The van der Waals surface area contributed by atoms with Crippen molar-refractivity contribution >= 4 is 154 Å². The topological polar surface area (TPSA) is 692 Å². The molecule has 12 aromatic rings. The van der Waals surface area contributed by atoms with E-state index in [1.807, 2.05) is 140 Å². The van der Waals surface area contributed by atoms with E-state index >= 15 is 43.2 Å². The summed E-state index contributed by atoms with van der Waals surface area (Å²) in [6.45, 7) is 0.888. The summed E-state index contributed by atoms with van der Waals surface area (Å²) < 4.78 is 0. The third kappa shape index (κ3) is 28.2. The highest BCUT2D eigenvalue weighted by Crippen LogP contribution is 2.30. The van der Waals surface area contributed by atoms with Crippen molar-refractivity contribution in [2.75, 3.05) is 45.8 Å². The SMILES string of the molecule is N=C(N)NCCC[C@H](NC(=O)[C@H](Cc1c[nH]c2ccccc12)NC(=O)[C@H](CCCCN)NC(=O)[C@@H]1CCCN1C(=O)[C@H](CCCCN)NC(=O)[C@H](Cc1c[nH]c2ccccc12)NC(=O)[C@H](Cc1c[nH]c2ccccc12)NC(=O)[C@H](CCCNC(=N)N)NC(=O)[C@@H](N)Cc1c[nH]c2ccccc12)C(=O)N[C@@H](Cc1c[nH]c2ccccc12)C(=O)N1CCC[C@H]1C(=O)N[C@@H](CCCCN)C(=O)N[C@@H](Cc1c[nH]c2ccccc12)C(=O)O. The van der Waals surface area contributed by atoms with Gasteiger partial charge in [0.05, 0.1) is 6.04 Å². The lowest BCUT2D eigenvalue weighted by Crippen LogP contribution is -2.61. The van der Waals surface area contributed by atoms with E-state index in [1.165, 1.54) is 9.80 Å². The van der Waals surface area contributed by atoms with Crippen LogP contribution in [-0.4, -0.2) is 258 Å². The molecular weight excluding hydrogens is 1890 g/mol. The van der Waals surface area contributed by atoms with Gasteiger partial charge in [0.1, 0.15) is 72.5 Å². The number of carboxylic acid groups (broad SMARTS) is 1. The van der Waals surface area contributed by atoms with E-state index in [1.54, 1.807) is 43.2 Å². The van der Waals surface area contributed by atoms with Crippen molar-refractivity contribution in [2.24, 2.45) is 34.4 Å². The molecule has 2 aliphatic rings. The van der Waals surface area contributed by atoms with Gasteiger partial charge in [-0.1, -0.05) is 109 Å². The first kappa shape index (κ1) is 108. The third-order valence-corrected chi connectivity index (χ3v) is 27.7. The maximum Gasteiger partial charge on any atom is 0.326 e. The van der Waals surface area contributed by atoms with Crippen LogP contribution in [0.15, 0.2) is 183 Å². The van der Waals surface area contributed by atoms with Gasteiger partial charge in [0.25, 0.3) is 0 Å². The van der Waals surface area contributed by atoms with Gasteiger partial charge < -0.3 is 143 Å². The van der Waals surface area contributed by atoms with Gasteiger partial charge in [-0.05, 0) is 205 Å². The molecule has 0 bridgehead atoms. The molecule has 0 aliphatic carbocycles. The van der Waals surface area contributed by atoms with Crippen molar-refractivity contribution in [3.05, 3.63) is 216 Å². The minimum Gasteiger partial charge on any atom is -0.480 e. The molecule has 148 heavy (non-hydrogen) atoms. The van der Waals surface area contributed by atoms with E-state index in [0.717, 1.165) is 38.3 Å². The van der Waals surface area contributed by atoms with Crippen LogP contribution in [0.2, 0.25) is 0 Å². The number of carboxylic acids is 1. The van der Waals surface area contributed by atoms with E-state index < -0.39 is 155 Å². The fraction of sp³-hybridized carbons (Fsp3) is 0.406. The minimum atomic E-state index is -1.54. The van der Waals surface area contributed by atoms with Gasteiger partial charge in [0, 0.05) is 161 Å². The summed E-state index contributed by atoms with van der Waals surface area (Å²) in [5, 5.41) is 65.1. The molecule has 42 nitrogen and oxygen atoms in total. The van der Waals surface area contributed by atoms with E-state index in [2.05, 4.69) is 93.7 Å². The summed E-state index contributed by atoms with van der Waals surface area (Å²) in [6.07, 6.45) is 12.8. The van der Waals surface area contributed by atoms with E-state index in [-0.39, 0.29) is 160 Å². The second kappa shape index (κ2) is 52.2. The second-order valence-corrected chi connectivity index (χ2v) is 38.1. The first-order valence-electron chi connectivity index (χ1n) is 50.8. The maximum atomic E-state index is 15.8. The van der Waals surface area contributed by atoms with Gasteiger partial charge in [-0.25, -0.2) is 4.79 Å². The summed E-state index contributed by atoms with van der Waals surface area (Å²) in [5.41, 5.74) is 44.4. The largest absolute Gasteiger partial charge is 0.480 e. The highest BCUT2D eigenvalue weighted by atomic mass is 16.4. The predicted octanol–water partition coefficient (Wildman–Crippen LogP) is 3.49. The number of rotatable bonds is 55. The number of aromatic nitrogens is 6. The Labute approximate surface area is 854 Å². The van der Waals surface area contributed by atoms with Crippen LogP contribution in [0.3, 0.4) is 0 Å². The number of aliphatic carboxylic acids is 1. The number of fused-ring (bicyclic) bond motifs is 6. The van der Waals surface area contributed by atoms with Crippen LogP contribution in [0.1, 0.15) is 143 Å². The number of carbonyl (C=O) groups is 13. The van der Waals surface area contributed by atoms with Gasteiger partial charge in [-0.2, -0.15) is 0 Å². The van der Waals surface area contributed by atoms with Crippen LogP contribution in [-0.2, 0) is 101 Å². The van der Waals surface area contributed by atoms with E-state index in [4.69, 9.17) is 45.2 Å². The number of nitrogens with zero attached hydrogens (tertiary/aromatic N) is 2. The summed E-state index contributed by atoms with van der Waals surface area (Å²) in [4.78, 5) is 219. The second-order valence-electron chi connectivity index (χ2n) is 38.1. The number of benzene rings is 6. The molecule has 42 heteroatoms. The van der Waals surface area contributed by atoms with Gasteiger partial charge in [-0.3, -0.25) is 68.4 Å². The monoisotopic (exact) mass is 2030 g/mol. The molecule has 12 amide bonds. The van der Waals surface area contributed by atoms with Crippen molar-refractivity contribution in [3.8, 4) is 0 Å². The molecule has 0 radical (unpaired) electrons. The number of guanidine groups is 2. The third-order valence-electron chi connectivity index (χ3n) is 27.7. The highest BCUT2D eigenvalue weighted by molar-refractivity contribution is 6.02. The lowest BCUT2D eigenvalue weighted by atomic mass is 10.00. The molecule has 784 valence electrons. The number of para-hydroxylation sites is 6. The maximum absolute atomic E-state index is 15.8. The fourth-order valence-corrected chi connectivity index (χ4v) is 19.9. The number of unbranched alkanes of at least 4 members (excludes halogenated alkanes) is 3. The molecule has 6 aromatic carbocycles. The number of nitrogens with two attached hydrogens (primary N) is 6. The Hall–Kier alpha value is -16.0. The molecule has 2 saturated heterocycles. The standard InChI is InChI=1S/C106H136N28O14/c107-42-16-13-35-80(125-100(143)90-40-21-47-133(90)102(145)84(37-15-18-44-109)127-98(141)86(51-63-57-119-76-31-9-3-25-69(63)76)130-99(142)87(52-64-58-120-77-32-10-4-26-70(64)77)129-94(137)82(38-19-45-115-105(111)112)123-92(135)73(110)49-61-55-117-74-29-7-1-23-67(61)74)93(136)128-85(50-62-56-118-75-30-8-2-24-68(62)75)97(140)124-83(39-20-46-116-106(113)114)95(138)131-88(53-65-59-121-78-33-11-5-27-71(65)78)103(146)134-48-22-41-91(134)101(144)126-81(36-14-17-43-108)96(139)132-89(104(147)148)54-66-60-122-79-34-12-6-28-72(66)79/h1-12,23-34,55-60,73,80-91,117-122H,13-22,35-54,107-110H2,(H,123,135)(H,124,140)(H,125,143)(H,126,144)(H,127,141)(H,128,136)(H,129,137)(H,130,142)(H,131,138)(H,132,139)(H,147,148)(H4,111,112,115)(H4,113,114,116)/t73-,80-,81-,82-,83-,84-,85-,86-,87-,88-,89-,90-,91-/m0/s1. The first-order chi connectivity index (χ1) is 71.6.